The average Bonchev–Trinajstić information content (AvgIpc) is 2.10. The molecule has 0 unspecified atom stereocenters. The molecule has 2 nitrogen and oxygen atoms in total. The maximum Gasteiger partial charge on any atom is 0.210 e. The third-order valence-electron chi connectivity index (χ3n) is 0.855. The Balaban J connectivity index is 2.87. The van der Waals surface area contributed by atoms with E-state index in [1.807, 2.05) is 0 Å². The molecule has 0 saturated heterocycles. The van der Waals surface area contributed by atoms with Crippen LogP contribution in [0.2, 0.25) is 0 Å². The fourth-order valence-electron chi connectivity index (χ4n) is 0.466. The van der Waals surface area contributed by atoms with Crippen molar-refractivity contribution >= 4 is 19.7 Å². The van der Waals surface area contributed by atoms with Crippen LogP contribution < -0.4 is 0 Å². The highest BCUT2D eigenvalue weighted by Gasteiger charge is 2.18. The summed E-state index contributed by atoms with van der Waals surface area (Å²) in [4.78, 5) is 0. The molecule has 0 bridgehead atoms. The van der Waals surface area contributed by atoms with Crippen LogP contribution in [0.25, 0.3) is 0 Å². The Hall–Kier alpha value is -0.400. The molecule has 48 valence electrons. The van der Waals surface area contributed by atoms with E-state index < -0.39 is 8.87 Å². The van der Waals surface area contributed by atoms with E-state index in [9.17, 15) is 8.42 Å². The molecule has 0 amide bonds. The molecule has 0 N–H and O–H groups in total. The van der Waals surface area contributed by atoms with Crippen molar-refractivity contribution in [3.05, 3.63) is 11.0 Å². The minimum absolute atomic E-state index is 0.0220. The van der Waals surface area contributed by atoms with E-state index in [1.165, 1.54) is 5.41 Å². The Kier molecular flexibility index (Phi) is 1.56. The number of hydrogen-bond acceptors (Lipinski definition) is 3. The van der Waals surface area contributed by atoms with Crippen molar-refractivity contribution < 1.29 is 8.42 Å². The molecule has 1 aliphatic rings. The van der Waals surface area contributed by atoms with Gasteiger partial charge in [0, 0.05) is 5.57 Å². The van der Waals surface area contributed by atoms with Gasteiger partial charge in [-0.2, -0.15) is 0 Å². The van der Waals surface area contributed by atoms with E-state index in [0.29, 0.717) is 5.57 Å². The van der Waals surface area contributed by atoms with Gasteiger partial charge in [0.2, 0.25) is 8.87 Å². The first kappa shape index (κ1) is 6.72. The fraction of sp³-hybridized carbons (Fsp3) is 0.200. The van der Waals surface area contributed by atoms with Crippen LogP contribution in [0.3, 0.4) is 0 Å². The number of hydrogen-bond donors (Lipinski definition) is 0. The fourth-order valence-corrected chi connectivity index (χ4v) is 2.97. The Morgan fingerprint density at radius 2 is 2.44 bits per heavy atom. The molecule has 0 aromatic rings. The summed E-state index contributed by atoms with van der Waals surface area (Å²) in [5.74, 6) is 2.30. The molecule has 0 aromatic heterocycles. The van der Waals surface area contributed by atoms with Gasteiger partial charge in [-0.15, -0.1) is 6.42 Å². The highest BCUT2D eigenvalue weighted by molar-refractivity contribution is 8.73. The Morgan fingerprint density at radius 3 is 2.67 bits per heavy atom. The van der Waals surface area contributed by atoms with Crippen molar-refractivity contribution in [3.63, 3.8) is 0 Å². The summed E-state index contributed by atoms with van der Waals surface area (Å²) in [6, 6.07) is 0. The summed E-state index contributed by atoms with van der Waals surface area (Å²) in [6.07, 6.45) is 4.96. The van der Waals surface area contributed by atoms with Gasteiger partial charge < -0.3 is 0 Å². The molecule has 9 heavy (non-hydrogen) atoms. The zero-order valence-electron chi connectivity index (χ0n) is 4.49. The van der Waals surface area contributed by atoms with Gasteiger partial charge in [-0.25, -0.2) is 8.42 Å². The lowest BCUT2D eigenvalue weighted by Crippen LogP contribution is -1.94. The summed E-state index contributed by atoms with van der Waals surface area (Å²) >= 11 is 0. The van der Waals surface area contributed by atoms with E-state index in [-0.39, 0.29) is 5.75 Å². The van der Waals surface area contributed by atoms with E-state index >= 15 is 0 Å². The topological polar surface area (TPSA) is 34.1 Å². The van der Waals surface area contributed by atoms with Gasteiger partial charge in [0.05, 0.1) is 5.75 Å². The largest absolute Gasteiger partial charge is 0.217 e. The number of terminal acetylenes is 1. The summed E-state index contributed by atoms with van der Waals surface area (Å²) in [6.45, 7) is 0. The maximum atomic E-state index is 10.6. The van der Waals surface area contributed by atoms with Crippen LogP contribution in [0.15, 0.2) is 11.0 Å². The van der Waals surface area contributed by atoms with Crippen LogP contribution in [-0.4, -0.2) is 14.2 Å². The second-order valence-electron chi connectivity index (χ2n) is 1.59. The van der Waals surface area contributed by atoms with Crippen molar-refractivity contribution in [2.45, 2.75) is 0 Å². The van der Waals surface area contributed by atoms with Gasteiger partial charge in [0.1, 0.15) is 0 Å². The van der Waals surface area contributed by atoms with Crippen LogP contribution in [-0.2, 0) is 8.87 Å². The second kappa shape index (κ2) is 2.09. The second-order valence-corrected chi connectivity index (χ2v) is 5.52. The molecule has 0 aromatic carbocycles. The lowest BCUT2D eigenvalue weighted by Gasteiger charge is -1.84. The summed E-state index contributed by atoms with van der Waals surface area (Å²) in [7, 11) is -2.13. The minimum atomic E-state index is -2.93. The molecule has 0 radical (unpaired) electrons. The average molecular weight is 160 g/mol. The normalized spacial score (nSPS) is 22.8. The van der Waals surface area contributed by atoms with E-state index in [2.05, 4.69) is 5.92 Å². The molecule has 0 fully saturated rings. The first-order valence-electron chi connectivity index (χ1n) is 2.21. The highest BCUT2D eigenvalue weighted by Crippen LogP contribution is 2.26. The van der Waals surface area contributed by atoms with Crippen molar-refractivity contribution in [1.29, 1.82) is 0 Å². The van der Waals surface area contributed by atoms with Gasteiger partial charge in [0.25, 0.3) is 0 Å². The first-order valence-corrected chi connectivity index (χ1v) is 5.25. The molecule has 0 saturated carbocycles. The quantitative estimate of drug-likeness (QED) is 0.384. The Morgan fingerprint density at radius 1 is 1.78 bits per heavy atom. The lowest BCUT2D eigenvalue weighted by molar-refractivity contribution is 0.613. The van der Waals surface area contributed by atoms with Crippen molar-refractivity contribution in [1.82, 2.24) is 0 Å². The van der Waals surface area contributed by atoms with Crippen LogP contribution in [0.4, 0.5) is 0 Å². The summed E-state index contributed by atoms with van der Waals surface area (Å²) in [5.41, 5.74) is 0.556. The van der Waals surface area contributed by atoms with Crippen LogP contribution >= 0.6 is 10.8 Å². The predicted molar refractivity (Wildman–Crippen MR) is 38.3 cm³/mol. The molecular formula is C5H4O2S2. The Bertz CT molecular complexity index is 279. The van der Waals surface area contributed by atoms with E-state index in [1.54, 1.807) is 0 Å². The first-order chi connectivity index (χ1) is 4.14. The summed E-state index contributed by atoms with van der Waals surface area (Å²) in [5, 5.41) is 1.50. The van der Waals surface area contributed by atoms with E-state index in [0.717, 1.165) is 10.8 Å². The molecule has 0 spiro atoms. The zero-order valence-corrected chi connectivity index (χ0v) is 6.13. The van der Waals surface area contributed by atoms with Crippen LogP contribution in [0.1, 0.15) is 0 Å². The van der Waals surface area contributed by atoms with Crippen molar-refractivity contribution in [3.8, 4) is 12.3 Å². The van der Waals surface area contributed by atoms with Gasteiger partial charge in [-0.05, 0) is 16.2 Å². The van der Waals surface area contributed by atoms with Gasteiger partial charge in [-0.1, -0.05) is 5.92 Å². The number of rotatable bonds is 0. The zero-order chi connectivity index (χ0) is 6.91. The van der Waals surface area contributed by atoms with Crippen molar-refractivity contribution in [2.75, 3.05) is 5.75 Å². The molecule has 0 atom stereocenters. The van der Waals surface area contributed by atoms with E-state index in [4.69, 9.17) is 6.42 Å². The molecule has 1 heterocycles. The molecule has 1 aliphatic heterocycles. The molecular weight excluding hydrogens is 156 g/mol. The van der Waals surface area contributed by atoms with Crippen molar-refractivity contribution in [2.24, 2.45) is 0 Å². The maximum absolute atomic E-state index is 10.6. The third-order valence-corrected chi connectivity index (χ3v) is 3.72. The monoisotopic (exact) mass is 160 g/mol. The predicted octanol–water partition coefficient (Wildman–Crippen LogP) is 0.580. The Labute approximate surface area is 57.7 Å². The minimum Gasteiger partial charge on any atom is -0.217 e. The van der Waals surface area contributed by atoms with Gasteiger partial charge in [0.15, 0.2) is 0 Å². The molecule has 0 aliphatic carbocycles. The highest BCUT2D eigenvalue weighted by atomic mass is 33.1. The van der Waals surface area contributed by atoms with Crippen LogP contribution in [0.5, 0.6) is 0 Å². The smallest absolute Gasteiger partial charge is 0.210 e. The third kappa shape index (κ3) is 1.50. The van der Waals surface area contributed by atoms with Gasteiger partial charge >= 0.3 is 0 Å². The SMILES string of the molecule is C#CC1=CSS(=O)(=O)C1. The standard InChI is InChI=1S/C5H4O2S2/c1-2-5-3-8-9(6,7)4-5/h1,3H,4H2. The van der Waals surface area contributed by atoms with Crippen LogP contribution in [0, 0.1) is 12.3 Å². The van der Waals surface area contributed by atoms with Gasteiger partial charge in [-0.3, -0.25) is 0 Å². The summed E-state index contributed by atoms with van der Waals surface area (Å²) < 4.78 is 21.2. The molecule has 4 heteroatoms. The molecule has 1 rings (SSSR count). The lowest BCUT2D eigenvalue weighted by atomic mass is 10.4.